The van der Waals surface area contributed by atoms with E-state index in [1.54, 1.807) is 22.7 Å². The van der Waals surface area contributed by atoms with Crippen LogP contribution in [0, 0.1) is 11.8 Å². The summed E-state index contributed by atoms with van der Waals surface area (Å²) in [6.07, 6.45) is 4.50. The van der Waals surface area contributed by atoms with Crippen LogP contribution in [0.1, 0.15) is 12.0 Å². The van der Waals surface area contributed by atoms with Crippen LogP contribution >= 0.6 is 11.8 Å². The molecule has 0 aliphatic carbocycles. The highest BCUT2D eigenvalue weighted by atomic mass is 32.2. The van der Waals surface area contributed by atoms with Gasteiger partial charge in [-0.2, -0.15) is 11.8 Å². The van der Waals surface area contributed by atoms with Crippen molar-refractivity contribution < 1.29 is 19.7 Å². The number of carbonyl (C=O) groups excluding carboxylic acids is 3. The van der Waals surface area contributed by atoms with Crippen molar-refractivity contribution in [3.05, 3.63) is 42.5 Å². The van der Waals surface area contributed by atoms with Gasteiger partial charge in [0, 0.05) is 25.6 Å². The molecule has 3 aliphatic heterocycles. The fraction of sp³-hybridized carbons (Fsp3) is 0.450. The summed E-state index contributed by atoms with van der Waals surface area (Å²) in [5.41, 5.74) is 0.609. The van der Waals surface area contributed by atoms with Gasteiger partial charge >= 0.3 is 0 Å². The first-order valence-corrected chi connectivity index (χ1v) is 10.6. The highest BCUT2D eigenvalue weighted by molar-refractivity contribution is 7.98. The van der Waals surface area contributed by atoms with Crippen molar-refractivity contribution in [1.29, 1.82) is 0 Å². The minimum absolute atomic E-state index is 0.0791. The molecule has 0 unspecified atom stereocenters. The standard InChI is InChI=1S/C20H23N3O3S/c1-4-10-23-14-8-6-5-7-12(14)20(19(23)26)16-15(13(21-20)9-11-27-3)17(24)22(2)18(16)25/h4-8,13,15-16,21H,1,9-11H2,2-3H3/p+1/t13-,15+,16+,20-/m1/s1. The number of quaternary nitrogens is 1. The van der Waals surface area contributed by atoms with Gasteiger partial charge in [-0.25, -0.2) is 0 Å². The Balaban J connectivity index is 1.88. The van der Waals surface area contributed by atoms with E-state index in [1.165, 1.54) is 11.9 Å². The zero-order valence-corrected chi connectivity index (χ0v) is 16.4. The zero-order chi connectivity index (χ0) is 19.3. The number of thioether (sulfide) groups is 1. The van der Waals surface area contributed by atoms with Crippen molar-refractivity contribution >= 4 is 35.2 Å². The monoisotopic (exact) mass is 386 g/mol. The number of likely N-dealkylation sites (tertiary alicyclic amines) is 1. The van der Waals surface area contributed by atoms with Gasteiger partial charge < -0.3 is 10.2 Å². The van der Waals surface area contributed by atoms with Crippen LogP contribution in [0.2, 0.25) is 0 Å². The molecule has 3 heterocycles. The van der Waals surface area contributed by atoms with Crippen molar-refractivity contribution in [3.63, 3.8) is 0 Å². The number of imide groups is 1. The molecule has 1 aromatic rings. The minimum atomic E-state index is -1.05. The molecule has 27 heavy (non-hydrogen) atoms. The maximum absolute atomic E-state index is 13.7. The minimum Gasteiger partial charge on any atom is -0.326 e. The molecule has 7 heteroatoms. The lowest BCUT2D eigenvalue weighted by Gasteiger charge is -2.26. The van der Waals surface area contributed by atoms with Crippen molar-refractivity contribution in [3.8, 4) is 0 Å². The van der Waals surface area contributed by atoms with Crippen LogP contribution in [0.25, 0.3) is 0 Å². The summed E-state index contributed by atoms with van der Waals surface area (Å²) < 4.78 is 0. The molecule has 6 nitrogen and oxygen atoms in total. The largest absolute Gasteiger partial charge is 0.326 e. The summed E-state index contributed by atoms with van der Waals surface area (Å²) in [5, 5.41) is 2.02. The Bertz CT molecular complexity index is 842. The van der Waals surface area contributed by atoms with Crippen LogP contribution in [0.4, 0.5) is 5.69 Å². The average Bonchev–Trinajstić information content (AvgIpc) is 3.22. The third-order valence-corrected chi connectivity index (χ3v) is 6.85. The predicted molar refractivity (Wildman–Crippen MR) is 104 cm³/mol. The van der Waals surface area contributed by atoms with Gasteiger partial charge in [-0.3, -0.25) is 19.3 Å². The Morgan fingerprint density at radius 2 is 2.00 bits per heavy atom. The van der Waals surface area contributed by atoms with Crippen molar-refractivity contribution in [2.75, 3.05) is 30.5 Å². The molecule has 3 aliphatic rings. The van der Waals surface area contributed by atoms with Crippen LogP contribution < -0.4 is 10.2 Å². The topological polar surface area (TPSA) is 74.3 Å². The molecule has 3 amide bonds. The first-order chi connectivity index (χ1) is 13.0. The van der Waals surface area contributed by atoms with Gasteiger partial charge in [0.1, 0.15) is 17.9 Å². The molecule has 4 atom stereocenters. The number of carbonyl (C=O) groups is 3. The number of rotatable bonds is 5. The van der Waals surface area contributed by atoms with Crippen molar-refractivity contribution in [2.45, 2.75) is 18.0 Å². The number of amides is 3. The number of fused-ring (bicyclic) bond motifs is 4. The van der Waals surface area contributed by atoms with Gasteiger partial charge in [0.25, 0.3) is 5.91 Å². The second-order valence-electron chi connectivity index (χ2n) is 7.44. The molecule has 2 N–H and O–H groups in total. The van der Waals surface area contributed by atoms with Crippen LogP contribution in [-0.2, 0) is 19.9 Å². The van der Waals surface area contributed by atoms with Crippen molar-refractivity contribution in [2.24, 2.45) is 11.8 Å². The van der Waals surface area contributed by atoms with Gasteiger partial charge in [-0.05, 0) is 18.1 Å². The van der Waals surface area contributed by atoms with Gasteiger partial charge in [0.2, 0.25) is 17.4 Å². The number of para-hydroxylation sites is 1. The maximum atomic E-state index is 13.7. The summed E-state index contributed by atoms with van der Waals surface area (Å²) in [5.74, 6) is -0.715. The Morgan fingerprint density at radius 3 is 2.70 bits per heavy atom. The lowest BCUT2D eigenvalue weighted by atomic mass is 9.76. The van der Waals surface area contributed by atoms with E-state index >= 15 is 0 Å². The number of nitrogens with two attached hydrogens (primary N) is 1. The summed E-state index contributed by atoms with van der Waals surface area (Å²) in [6.45, 7) is 4.16. The Morgan fingerprint density at radius 1 is 1.26 bits per heavy atom. The fourth-order valence-electron chi connectivity index (χ4n) is 5.09. The highest BCUT2D eigenvalue weighted by Crippen LogP contribution is 2.51. The second-order valence-corrected chi connectivity index (χ2v) is 8.43. The lowest BCUT2D eigenvalue weighted by Crippen LogP contribution is -2.99. The maximum Gasteiger partial charge on any atom is 0.294 e. The van der Waals surface area contributed by atoms with Crippen LogP contribution in [0.3, 0.4) is 0 Å². The molecule has 0 saturated carbocycles. The number of hydrogen-bond acceptors (Lipinski definition) is 4. The van der Waals surface area contributed by atoms with E-state index in [9.17, 15) is 14.4 Å². The van der Waals surface area contributed by atoms with E-state index in [0.29, 0.717) is 6.54 Å². The molecule has 1 spiro atoms. The van der Waals surface area contributed by atoms with E-state index in [4.69, 9.17) is 0 Å². The van der Waals surface area contributed by atoms with E-state index < -0.39 is 17.4 Å². The third kappa shape index (κ3) is 2.28. The lowest BCUT2D eigenvalue weighted by molar-refractivity contribution is -0.733. The van der Waals surface area contributed by atoms with Gasteiger partial charge in [0.05, 0.1) is 5.69 Å². The first kappa shape index (κ1) is 18.3. The quantitative estimate of drug-likeness (QED) is 0.585. The summed E-state index contributed by atoms with van der Waals surface area (Å²) in [6, 6.07) is 7.55. The SMILES string of the molecule is C=CCN1C(=O)[C@@]2([NH2+][C@H](CCSC)[C@@H]3C(=O)N(C)C(=O)[C@H]32)c2ccccc21. The Labute approximate surface area is 163 Å². The summed E-state index contributed by atoms with van der Waals surface area (Å²) >= 11 is 1.71. The molecule has 142 valence electrons. The third-order valence-electron chi connectivity index (χ3n) is 6.21. The summed E-state index contributed by atoms with van der Waals surface area (Å²) in [4.78, 5) is 42.5. The van der Waals surface area contributed by atoms with Gasteiger partial charge in [-0.1, -0.05) is 24.3 Å². The Kier molecular flexibility index (Phi) is 4.39. The molecule has 2 saturated heterocycles. The van der Waals surface area contributed by atoms with Gasteiger partial charge in [0.15, 0.2) is 0 Å². The van der Waals surface area contributed by atoms with Crippen LogP contribution in [-0.4, -0.2) is 54.3 Å². The van der Waals surface area contributed by atoms with E-state index in [0.717, 1.165) is 23.4 Å². The highest BCUT2D eigenvalue weighted by Gasteiger charge is 2.74. The summed E-state index contributed by atoms with van der Waals surface area (Å²) in [7, 11) is 1.54. The van der Waals surface area contributed by atoms with Crippen molar-refractivity contribution in [1.82, 2.24) is 4.90 Å². The molecule has 4 rings (SSSR count). The molecule has 0 radical (unpaired) electrons. The fourth-order valence-corrected chi connectivity index (χ4v) is 5.59. The number of nitrogens with zero attached hydrogens (tertiary/aromatic N) is 2. The normalized spacial score (nSPS) is 31.8. The molecule has 1 aromatic carbocycles. The van der Waals surface area contributed by atoms with E-state index in [1.807, 2.05) is 35.8 Å². The molecular formula is C20H24N3O3S+. The van der Waals surface area contributed by atoms with Gasteiger partial charge in [-0.15, -0.1) is 6.58 Å². The predicted octanol–water partition coefficient (Wildman–Crippen LogP) is 0.344. The number of hydrogen-bond donors (Lipinski definition) is 1. The molecule has 0 bridgehead atoms. The number of anilines is 1. The first-order valence-electron chi connectivity index (χ1n) is 9.17. The molecular weight excluding hydrogens is 362 g/mol. The zero-order valence-electron chi connectivity index (χ0n) is 15.6. The van der Waals surface area contributed by atoms with E-state index in [2.05, 4.69) is 6.58 Å². The second kappa shape index (κ2) is 6.49. The molecule has 2 fully saturated rings. The number of benzene rings is 1. The van der Waals surface area contributed by atoms with E-state index in [-0.39, 0.29) is 23.8 Å². The average molecular weight is 386 g/mol. The van der Waals surface area contributed by atoms with Crippen LogP contribution in [0.5, 0.6) is 0 Å². The smallest absolute Gasteiger partial charge is 0.294 e. The van der Waals surface area contributed by atoms with Crippen LogP contribution in [0.15, 0.2) is 36.9 Å². The Hall–Kier alpha value is -2.12. The molecule has 0 aromatic heterocycles.